The van der Waals surface area contributed by atoms with Crippen molar-refractivity contribution < 1.29 is 14.3 Å². The summed E-state index contributed by atoms with van der Waals surface area (Å²) in [4.78, 5) is 21.9. The molecule has 0 radical (unpaired) electrons. The van der Waals surface area contributed by atoms with Crippen LogP contribution in [0, 0.1) is 0 Å². The van der Waals surface area contributed by atoms with Crippen molar-refractivity contribution in [3.05, 3.63) is 0 Å². The van der Waals surface area contributed by atoms with Crippen molar-refractivity contribution in [3.8, 4) is 0 Å². The van der Waals surface area contributed by atoms with Crippen LogP contribution in [-0.2, 0) is 9.53 Å². The molecule has 0 fully saturated rings. The molecule has 0 aliphatic carbocycles. The van der Waals surface area contributed by atoms with Gasteiger partial charge in [0.15, 0.2) is 5.78 Å². The largest absolute Gasteiger partial charge is 0.450 e. The summed E-state index contributed by atoms with van der Waals surface area (Å²) in [5.74, 6) is -0.0454. The molecule has 0 heterocycles. The monoisotopic (exact) mass is 187 g/mol. The predicted molar refractivity (Wildman–Crippen MR) is 49.5 cm³/mol. The van der Waals surface area contributed by atoms with Gasteiger partial charge in [-0.2, -0.15) is 0 Å². The standard InChI is InChI=1S/C9H17NO3/c1-4-6-13-9(12)10-8(5-2)7(3)11/h8H,4-6H2,1-3H3,(H,10,12). The Bertz CT molecular complexity index is 180. The smallest absolute Gasteiger partial charge is 0.407 e. The Morgan fingerprint density at radius 3 is 2.38 bits per heavy atom. The average molecular weight is 187 g/mol. The molecule has 0 bridgehead atoms. The first-order chi connectivity index (χ1) is 6.11. The number of nitrogens with one attached hydrogen (secondary N) is 1. The Balaban J connectivity index is 3.80. The maximum Gasteiger partial charge on any atom is 0.407 e. The fourth-order valence-corrected chi connectivity index (χ4v) is 0.870. The number of hydrogen-bond acceptors (Lipinski definition) is 3. The number of carbonyl (C=O) groups excluding carboxylic acids is 2. The van der Waals surface area contributed by atoms with Crippen molar-refractivity contribution in [2.24, 2.45) is 0 Å². The first-order valence-corrected chi connectivity index (χ1v) is 4.55. The highest BCUT2D eigenvalue weighted by Gasteiger charge is 2.14. The number of rotatable bonds is 5. The summed E-state index contributed by atoms with van der Waals surface area (Å²) in [6.07, 6.45) is 0.866. The van der Waals surface area contributed by atoms with Crippen LogP contribution in [0.15, 0.2) is 0 Å². The van der Waals surface area contributed by atoms with Crippen molar-refractivity contribution in [3.63, 3.8) is 0 Å². The van der Waals surface area contributed by atoms with Gasteiger partial charge in [-0.25, -0.2) is 4.79 Å². The minimum Gasteiger partial charge on any atom is -0.450 e. The van der Waals surface area contributed by atoms with Crippen molar-refractivity contribution in [2.75, 3.05) is 6.61 Å². The number of Topliss-reactive ketones (excluding diaryl/α,β-unsaturated/α-hetero) is 1. The third-order valence-electron chi connectivity index (χ3n) is 1.63. The van der Waals surface area contributed by atoms with Crippen molar-refractivity contribution >= 4 is 11.9 Å². The normalized spacial score (nSPS) is 11.9. The van der Waals surface area contributed by atoms with Gasteiger partial charge in [-0.15, -0.1) is 0 Å². The van der Waals surface area contributed by atoms with E-state index in [1.165, 1.54) is 6.92 Å². The fraction of sp³-hybridized carbons (Fsp3) is 0.778. The zero-order valence-corrected chi connectivity index (χ0v) is 8.42. The van der Waals surface area contributed by atoms with Crippen LogP contribution in [0.1, 0.15) is 33.6 Å². The summed E-state index contributed by atoms with van der Waals surface area (Å²) in [5.41, 5.74) is 0. The number of carbonyl (C=O) groups is 2. The lowest BCUT2D eigenvalue weighted by atomic mass is 10.1. The van der Waals surface area contributed by atoms with Crippen LogP contribution >= 0.6 is 0 Å². The highest BCUT2D eigenvalue weighted by molar-refractivity contribution is 5.85. The molecule has 1 N–H and O–H groups in total. The first kappa shape index (κ1) is 11.9. The van der Waals surface area contributed by atoms with E-state index < -0.39 is 12.1 Å². The second-order valence-corrected chi connectivity index (χ2v) is 2.85. The van der Waals surface area contributed by atoms with Gasteiger partial charge >= 0.3 is 6.09 Å². The summed E-state index contributed by atoms with van der Waals surface area (Å²) in [5, 5.41) is 2.49. The molecule has 1 unspecified atom stereocenters. The minimum atomic E-state index is -0.510. The zero-order valence-electron chi connectivity index (χ0n) is 8.42. The van der Waals surface area contributed by atoms with E-state index in [0.29, 0.717) is 13.0 Å². The van der Waals surface area contributed by atoms with E-state index >= 15 is 0 Å². The third kappa shape index (κ3) is 5.22. The molecule has 0 aromatic rings. The molecule has 0 aliphatic rings. The van der Waals surface area contributed by atoms with Crippen LogP contribution in [0.2, 0.25) is 0 Å². The molecule has 0 aromatic heterocycles. The van der Waals surface area contributed by atoms with E-state index in [1.54, 1.807) is 0 Å². The summed E-state index contributed by atoms with van der Waals surface area (Å²) in [6.45, 7) is 5.59. The Kier molecular flexibility index (Phi) is 5.93. The van der Waals surface area contributed by atoms with Crippen LogP contribution in [-0.4, -0.2) is 24.5 Å². The molecule has 76 valence electrons. The molecule has 0 rings (SSSR count). The van der Waals surface area contributed by atoms with Gasteiger partial charge in [0.05, 0.1) is 12.6 Å². The second kappa shape index (κ2) is 6.46. The molecule has 0 saturated heterocycles. The number of amides is 1. The Labute approximate surface area is 78.6 Å². The minimum absolute atomic E-state index is 0.0454. The van der Waals surface area contributed by atoms with Crippen molar-refractivity contribution in [2.45, 2.75) is 39.7 Å². The van der Waals surface area contributed by atoms with Gasteiger partial charge in [0.25, 0.3) is 0 Å². The van der Waals surface area contributed by atoms with Gasteiger partial charge in [-0.3, -0.25) is 4.79 Å². The molecule has 4 heteroatoms. The van der Waals surface area contributed by atoms with E-state index in [4.69, 9.17) is 4.74 Å². The van der Waals surface area contributed by atoms with Crippen LogP contribution in [0.3, 0.4) is 0 Å². The molecule has 4 nitrogen and oxygen atoms in total. The number of ketones is 1. The lowest BCUT2D eigenvalue weighted by molar-refractivity contribution is -0.118. The van der Waals surface area contributed by atoms with E-state index in [2.05, 4.69) is 5.32 Å². The topological polar surface area (TPSA) is 55.4 Å². The SMILES string of the molecule is CCCOC(=O)NC(CC)C(C)=O. The molecule has 1 atom stereocenters. The lowest BCUT2D eigenvalue weighted by Gasteiger charge is -2.13. The Morgan fingerprint density at radius 2 is 2.00 bits per heavy atom. The second-order valence-electron chi connectivity index (χ2n) is 2.85. The quantitative estimate of drug-likeness (QED) is 0.709. The predicted octanol–water partition coefficient (Wildman–Crippen LogP) is 1.49. The number of alkyl carbamates (subject to hydrolysis) is 1. The number of ether oxygens (including phenoxy) is 1. The van der Waals surface area contributed by atoms with Crippen LogP contribution < -0.4 is 5.32 Å². The molecule has 1 amide bonds. The van der Waals surface area contributed by atoms with Gasteiger partial charge in [-0.05, 0) is 19.8 Å². The summed E-state index contributed by atoms with van der Waals surface area (Å²) in [6, 6.07) is -0.413. The highest BCUT2D eigenvalue weighted by atomic mass is 16.5. The van der Waals surface area contributed by atoms with Gasteiger partial charge in [0, 0.05) is 0 Å². The Hall–Kier alpha value is -1.06. The third-order valence-corrected chi connectivity index (χ3v) is 1.63. The molecule has 0 saturated carbocycles. The van der Waals surface area contributed by atoms with Gasteiger partial charge in [-0.1, -0.05) is 13.8 Å². The van der Waals surface area contributed by atoms with Crippen LogP contribution in [0.4, 0.5) is 4.79 Å². The summed E-state index contributed by atoms with van der Waals surface area (Å²) in [7, 11) is 0. The van der Waals surface area contributed by atoms with E-state index in [9.17, 15) is 9.59 Å². The molecule has 0 aromatic carbocycles. The number of hydrogen-bond donors (Lipinski definition) is 1. The van der Waals surface area contributed by atoms with Gasteiger partial charge < -0.3 is 10.1 Å². The van der Waals surface area contributed by atoms with E-state index in [-0.39, 0.29) is 5.78 Å². The summed E-state index contributed by atoms with van der Waals surface area (Å²) < 4.78 is 4.77. The zero-order chi connectivity index (χ0) is 10.3. The van der Waals surface area contributed by atoms with Crippen LogP contribution in [0.25, 0.3) is 0 Å². The maximum atomic E-state index is 11.0. The first-order valence-electron chi connectivity index (χ1n) is 4.55. The summed E-state index contributed by atoms with van der Waals surface area (Å²) >= 11 is 0. The molecular weight excluding hydrogens is 170 g/mol. The molecular formula is C9H17NO3. The fourth-order valence-electron chi connectivity index (χ4n) is 0.870. The molecule has 0 aliphatic heterocycles. The maximum absolute atomic E-state index is 11.0. The van der Waals surface area contributed by atoms with Crippen molar-refractivity contribution in [1.82, 2.24) is 5.32 Å². The van der Waals surface area contributed by atoms with E-state index in [1.807, 2.05) is 13.8 Å². The lowest BCUT2D eigenvalue weighted by Crippen LogP contribution is -2.39. The van der Waals surface area contributed by atoms with Crippen molar-refractivity contribution in [1.29, 1.82) is 0 Å². The molecule has 0 spiro atoms. The molecule has 13 heavy (non-hydrogen) atoms. The Morgan fingerprint density at radius 1 is 1.38 bits per heavy atom. The highest BCUT2D eigenvalue weighted by Crippen LogP contribution is 1.93. The van der Waals surface area contributed by atoms with Gasteiger partial charge in [0.1, 0.15) is 0 Å². The van der Waals surface area contributed by atoms with Gasteiger partial charge in [0.2, 0.25) is 0 Å². The average Bonchev–Trinajstić information content (AvgIpc) is 2.10. The van der Waals surface area contributed by atoms with E-state index in [0.717, 1.165) is 6.42 Å². The van der Waals surface area contributed by atoms with Crippen LogP contribution in [0.5, 0.6) is 0 Å².